The van der Waals surface area contributed by atoms with Gasteiger partial charge in [0.05, 0.1) is 6.42 Å². The second kappa shape index (κ2) is 7.13. The molecular weight excluding hydrogens is 239 g/mol. The van der Waals surface area contributed by atoms with Crippen LogP contribution in [-0.4, -0.2) is 29.2 Å². The van der Waals surface area contributed by atoms with E-state index in [-0.39, 0.29) is 6.42 Å². The van der Waals surface area contributed by atoms with Crippen LogP contribution in [0.15, 0.2) is 0 Å². The third kappa shape index (κ3) is 8.53. The molecule has 0 heterocycles. The van der Waals surface area contributed by atoms with Crippen molar-refractivity contribution in [2.24, 2.45) is 0 Å². The van der Waals surface area contributed by atoms with Gasteiger partial charge in [-0.05, 0) is 6.42 Å². The van der Waals surface area contributed by atoms with Gasteiger partial charge in [0.25, 0.3) is 0 Å². The monoisotopic (exact) mass is 255 g/mol. The zero-order valence-electron chi connectivity index (χ0n) is 9.51. The molecule has 0 aromatic heterocycles. The summed E-state index contributed by atoms with van der Waals surface area (Å²) in [6.45, 7) is 1.85. The van der Waals surface area contributed by atoms with Gasteiger partial charge in [0.15, 0.2) is 0 Å². The van der Waals surface area contributed by atoms with E-state index >= 15 is 0 Å². The normalized spacial score (nSPS) is 13.2. The highest BCUT2D eigenvalue weighted by molar-refractivity contribution is 5.83. The first-order valence-corrected chi connectivity index (χ1v) is 5.35. The third-order valence-electron chi connectivity index (χ3n) is 2.12. The first-order chi connectivity index (χ1) is 7.76. The van der Waals surface area contributed by atoms with Gasteiger partial charge in [-0.2, -0.15) is 13.2 Å². The first-order valence-electron chi connectivity index (χ1n) is 5.35. The molecule has 2 N–H and O–H groups in total. The SMILES string of the molecule is CCCCC(NC(=O)CCC(F)(F)F)C(=O)O. The number of hydrogen-bond donors (Lipinski definition) is 2. The average Bonchev–Trinajstić information content (AvgIpc) is 2.19. The highest BCUT2D eigenvalue weighted by Gasteiger charge is 2.29. The molecule has 0 aromatic carbocycles. The molecule has 1 unspecified atom stereocenters. The zero-order chi connectivity index (χ0) is 13.5. The van der Waals surface area contributed by atoms with E-state index in [1.165, 1.54) is 0 Å². The number of nitrogens with one attached hydrogen (secondary N) is 1. The lowest BCUT2D eigenvalue weighted by molar-refractivity contribution is -0.147. The lowest BCUT2D eigenvalue weighted by Crippen LogP contribution is -2.41. The quantitative estimate of drug-likeness (QED) is 0.732. The zero-order valence-corrected chi connectivity index (χ0v) is 9.51. The number of carbonyl (C=O) groups excluding carboxylic acids is 1. The maximum atomic E-state index is 11.8. The molecule has 7 heteroatoms. The lowest BCUT2D eigenvalue weighted by Gasteiger charge is -2.14. The molecule has 0 radical (unpaired) electrons. The van der Waals surface area contributed by atoms with Gasteiger partial charge in [-0.3, -0.25) is 4.79 Å². The van der Waals surface area contributed by atoms with Crippen molar-refractivity contribution >= 4 is 11.9 Å². The lowest BCUT2D eigenvalue weighted by atomic mass is 10.1. The van der Waals surface area contributed by atoms with Gasteiger partial charge in [-0.25, -0.2) is 4.79 Å². The van der Waals surface area contributed by atoms with E-state index in [9.17, 15) is 22.8 Å². The molecule has 0 saturated heterocycles. The van der Waals surface area contributed by atoms with Crippen molar-refractivity contribution in [2.45, 2.75) is 51.2 Å². The van der Waals surface area contributed by atoms with Crippen LogP contribution in [-0.2, 0) is 9.59 Å². The Kier molecular flexibility index (Phi) is 6.60. The van der Waals surface area contributed by atoms with Crippen molar-refractivity contribution in [3.8, 4) is 0 Å². The molecule has 4 nitrogen and oxygen atoms in total. The van der Waals surface area contributed by atoms with Gasteiger partial charge in [0.2, 0.25) is 5.91 Å². The molecule has 0 aromatic rings. The van der Waals surface area contributed by atoms with Crippen LogP contribution in [0.1, 0.15) is 39.0 Å². The molecule has 1 amide bonds. The summed E-state index contributed by atoms with van der Waals surface area (Å²) in [6, 6.07) is -1.10. The van der Waals surface area contributed by atoms with Crippen LogP contribution in [0.5, 0.6) is 0 Å². The molecule has 0 aliphatic rings. The molecule has 0 aliphatic carbocycles. The molecule has 100 valence electrons. The Hall–Kier alpha value is -1.27. The van der Waals surface area contributed by atoms with Gasteiger partial charge in [0.1, 0.15) is 6.04 Å². The van der Waals surface area contributed by atoms with E-state index in [1.807, 2.05) is 6.92 Å². The Morgan fingerprint density at radius 3 is 2.35 bits per heavy atom. The fourth-order valence-electron chi connectivity index (χ4n) is 1.19. The molecule has 17 heavy (non-hydrogen) atoms. The molecule has 0 rings (SSSR count). The van der Waals surface area contributed by atoms with Crippen LogP contribution in [0.25, 0.3) is 0 Å². The summed E-state index contributed by atoms with van der Waals surface area (Å²) in [5.41, 5.74) is 0. The van der Waals surface area contributed by atoms with E-state index in [2.05, 4.69) is 5.32 Å². The van der Waals surface area contributed by atoms with E-state index in [0.717, 1.165) is 6.42 Å². The predicted octanol–water partition coefficient (Wildman–Crippen LogP) is 2.09. The number of hydrogen-bond acceptors (Lipinski definition) is 2. The number of carboxylic acids is 1. The smallest absolute Gasteiger partial charge is 0.389 e. The standard InChI is InChI=1S/C10H16F3NO3/c1-2-3-4-7(9(16)17)14-8(15)5-6-10(11,12)13/h7H,2-6H2,1H3,(H,14,15)(H,16,17). The molecule has 0 bridgehead atoms. The van der Waals surface area contributed by atoms with Crippen LogP contribution in [0, 0.1) is 0 Å². The van der Waals surface area contributed by atoms with Crippen LogP contribution < -0.4 is 5.32 Å². The van der Waals surface area contributed by atoms with Gasteiger partial charge >= 0.3 is 12.1 Å². The van der Waals surface area contributed by atoms with Crippen molar-refractivity contribution in [3.63, 3.8) is 0 Å². The van der Waals surface area contributed by atoms with Crippen molar-refractivity contribution in [1.29, 1.82) is 0 Å². The number of unbranched alkanes of at least 4 members (excludes halogenated alkanes) is 1. The number of rotatable bonds is 7. The highest BCUT2D eigenvalue weighted by Crippen LogP contribution is 2.21. The predicted molar refractivity (Wildman–Crippen MR) is 54.4 cm³/mol. The van der Waals surface area contributed by atoms with E-state index in [4.69, 9.17) is 5.11 Å². The minimum atomic E-state index is -4.40. The maximum absolute atomic E-state index is 11.8. The number of halogens is 3. The number of alkyl halides is 3. The Balaban J connectivity index is 4.08. The summed E-state index contributed by atoms with van der Waals surface area (Å²) in [7, 11) is 0. The Bertz CT molecular complexity index is 266. The van der Waals surface area contributed by atoms with Crippen molar-refractivity contribution in [1.82, 2.24) is 5.32 Å². The summed E-state index contributed by atoms with van der Waals surface area (Å²) >= 11 is 0. The Morgan fingerprint density at radius 2 is 1.94 bits per heavy atom. The van der Waals surface area contributed by atoms with Crippen molar-refractivity contribution in [2.75, 3.05) is 0 Å². The summed E-state index contributed by atoms with van der Waals surface area (Å²) < 4.78 is 35.5. The largest absolute Gasteiger partial charge is 0.480 e. The minimum absolute atomic E-state index is 0.226. The molecule has 0 saturated carbocycles. The van der Waals surface area contributed by atoms with Gasteiger partial charge in [-0.15, -0.1) is 0 Å². The average molecular weight is 255 g/mol. The molecule has 0 spiro atoms. The van der Waals surface area contributed by atoms with Crippen LogP contribution >= 0.6 is 0 Å². The van der Waals surface area contributed by atoms with Crippen molar-refractivity contribution < 1.29 is 27.9 Å². The molecule has 0 fully saturated rings. The maximum Gasteiger partial charge on any atom is 0.389 e. The van der Waals surface area contributed by atoms with E-state index < -0.39 is 36.9 Å². The summed E-state index contributed by atoms with van der Waals surface area (Å²) in [6.07, 6.45) is -4.81. The second-order valence-electron chi connectivity index (χ2n) is 3.72. The highest BCUT2D eigenvalue weighted by atomic mass is 19.4. The topological polar surface area (TPSA) is 66.4 Å². The second-order valence-corrected chi connectivity index (χ2v) is 3.72. The number of carbonyl (C=O) groups is 2. The molecule has 1 atom stereocenters. The summed E-state index contributed by atoms with van der Waals surface area (Å²) in [5, 5.41) is 10.8. The minimum Gasteiger partial charge on any atom is -0.480 e. The number of aliphatic carboxylic acids is 1. The summed E-state index contributed by atoms with van der Waals surface area (Å²) in [5.74, 6) is -2.11. The van der Waals surface area contributed by atoms with Gasteiger partial charge in [-0.1, -0.05) is 19.8 Å². The van der Waals surface area contributed by atoms with Crippen LogP contribution in [0.3, 0.4) is 0 Å². The number of amides is 1. The molecular formula is C10H16F3NO3. The molecule has 0 aliphatic heterocycles. The fourth-order valence-corrected chi connectivity index (χ4v) is 1.19. The van der Waals surface area contributed by atoms with Crippen LogP contribution in [0.4, 0.5) is 13.2 Å². The van der Waals surface area contributed by atoms with E-state index in [0.29, 0.717) is 6.42 Å². The van der Waals surface area contributed by atoms with Gasteiger partial charge < -0.3 is 10.4 Å². The Morgan fingerprint density at radius 1 is 1.35 bits per heavy atom. The fraction of sp³-hybridized carbons (Fsp3) is 0.800. The van der Waals surface area contributed by atoms with Crippen LogP contribution in [0.2, 0.25) is 0 Å². The third-order valence-corrected chi connectivity index (χ3v) is 2.12. The van der Waals surface area contributed by atoms with Crippen molar-refractivity contribution in [3.05, 3.63) is 0 Å². The Labute approximate surface area is 97.2 Å². The summed E-state index contributed by atoms with van der Waals surface area (Å²) in [4.78, 5) is 21.8. The van der Waals surface area contributed by atoms with Gasteiger partial charge in [0, 0.05) is 6.42 Å². The van der Waals surface area contributed by atoms with E-state index in [1.54, 1.807) is 0 Å². The first kappa shape index (κ1) is 15.7. The number of carboxylic acid groups (broad SMARTS) is 1.